The van der Waals surface area contributed by atoms with Gasteiger partial charge in [-0.1, -0.05) is 6.92 Å². The molecule has 19 heavy (non-hydrogen) atoms. The van der Waals surface area contributed by atoms with Crippen LogP contribution in [0.5, 0.6) is 0 Å². The lowest BCUT2D eigenvalue weighted by Crippen LogP contribution is -2.33. The third-order valence-electron chi connectivity index (χ3n) is 3.50. The molecule has 0 aromatic carbocycles. The van der Waals surface area contributed by atoms with Crippen molar-refractivity contribution in [1.29, 1.82) is 0 Å². The maximum Gasteiger partial charge on any atom is 0.162 e. The Morgan fingerprint density at radius 1 is 1.37 bits per heavy atom. The molecule has 0 saturated carbocycles. The largest absolute Gasteiger partial charge is 0.369 e. The summed E-state index contributed by atoms with van der Waals surface area (Å²) in [4.78, 5) is 9.29. The fourth-order valence-electron chi connectivity index (χ4n) is 2.27. The van der Waals surface area contributed by atoms with Crippen molar-refractivity contribution in [1.82, 2.24) is 9.97 Å². The minimum Gasteiger partial charge on any atom is -0.369 e. The predicted molar refractivity (Wildman–Crippen MR) is 80.4 cm³/mol. The van der Waals surface area contributed by atoms with Crippen molar-refractivity contribution in [2.75, 3.05) is 18.5 Å². The molecule has 1 aliphatic heterocycles. The fourth-order valence-corrected chi connectivity index (χ4v) is 2.58. The van der Waals surface area contributed by atoms with Gasteiger partial charge >= 0.3 is 0 Å². The number of anilines is 1. The first kappa shape index (κ1) is 14.7. The fraction of sp³-hybridized carbons (Fsp3) is 0.714. The van der Waals surface area contributed by atoms with Crippen molar-refractivity contribution < 1.29 is 4.74 Å². The summed E-state index contributed by atoms with van der Waals surface area (Å²) in [6, 6.07) is 0. The first-order chi connectivity index (χ1) is 9.07. The molecule has 5 heteroatoms. The normalized spacial score (nSPS) is 23.4. The summed E-state index contributed by atoms with van der Waals surface area (Å²) in [5.41, 5.74) is 0.616. The van der Waals surface area contributed by atoms with Crippen molar-refractivity contribution in [3.8, 4) is 0 Å². The zero-order valence-corrected chi connectivity index (χ0v) is 13.5. The van der Waals surface area contributed by atoms with E-state index in [4.69, 9.17) is 4.74 Å². The van der Waals surface area contributed by atoms with Gasteiger partial charge in [-0.2, -0.15) is 0 Å². The van der Waals surface area contributed by atoms with Crippen molar-refractivity contribution in [2.45, 2.75) is 52.1 Å². The highest BCUT2D eigenvalue weighted by Crippen LogP contribution is 2.35. The molecule has 1 N–H and O–H groups in total. The van der Waals surface area contributed by atoms with Crippen LogP contribution in [-0.4, -0.2) is 23.1 Å². The molecule has 0 radical (unpaired) electrons. The summed E-state index contributed by atoms with van der Waals surface area (Å²) in [5, 5.41) is 3.35. The average molecular weight is 328 g/mol. The van der Waals surface area contributed by atoms with Crippen LogP contribution < -0.4 is 5.32 Å². The van der Waals surface area contributed by atoms with Crippen LogP contribution in [0.25, 0.3) is 0 Å². The number of nitrogens with one attached hydrogen (secondary N) is 1. The van der Waals surface area contributed by atoms with Gasteiger partial charge in [-0.3, -0.25) is 0 Å². The van der Waals surface area contributed by atoms with Gasteiger partial charge in [0.1, 0.15) is 11.4 Å². The first-order valence-electron chi connectivity index (χ1n) is 6.99. The molecule has 2 rings (SSSR count). The van der Waals surface area contributed by atoms with Gasteiger partial charge in [0.2, 0.25) is 0 Å². The van der Waals surface area contributed by atoms with Gasteiger partial charge in [0.15, 0.2) is 5.82 Å². The van der Waals surface area contributed by atoms with E-state index < -0.39 is 0 Å². The smallest absolute Gasteiger partial charge is 0.162 e. The second kappa shape index (κ2) is 6.18. The highest BCUT2D eigenvalue weighted by molar-refractivity contribution is 9.10. The second-order valence-electron chi connectivity index (χ2n) is 5.26. The van der Waals surface area contributed by atoms with Crippen LogP contribution in [0.1, 0.15) is 51.0 Å². The van der Waals surface area contributed by atoms with Crippen molar-refractivity contribution >= 4 is 21.7 Å². The Morgan fingerprint density at radius 3 is 2.79 bits per heavy atom. The van der Waals surface area contributed by atoms with Gasteiger partial charge in [-0.15, -0.1) is 0 Å². The molecular formula is C14H22BrN3O. The Bertz CT molecular complexity index is 445. The standard InChI is InChI=1S/C14H22BrN3O/c1-4-8-16-12-11(15)10(2)17-13(18-12)14(3)7-5-6-9-19-14/h4-9H2,1-3H3,(H,16,17,18). The zero-order chi connectivity index (χ0) is 13.9. The van der Waals surface area contributed by atoms with Gasteiger partial charge in [-0.25, -0.2) is 9.97 Å². The molecule has 1 aliphatic rings. The van der Waals surface area contributed by atoms with E-state index in [9.17, 15) is 0 Å². The molecular weight excluding hydrogens is 306 g/mol. The SMILES string of the molecule is CCCNc1nc(C2(C)CCCCO2)nc(C)c1Br. The van der Waals surface area contributed by atoms with E-state index in [-0.39, 0.29) is 5.60 Å². The maximum absolute atomic E-state index is 5.94. The number of aryl methyl sites for hydroxylation is 1. The second-order valence-corrected chi connectivity index (χ2v) is 6.05. The molecule has 1 fully saturated rings. The number of ether oxygens (including phenoxy) is 1. The number of nitrogens with zero attached hydrogens (tertiary/aromatic N) is 2. The van der Waals surface area contributed by atoms with Crippen LogP contribution in [0, 0.1) is 6.92 Å². The topological polar surface area (TPSA) is 47.0 Å². The van der Waals surface area contributed by atoms with E-state index >= 15 is 0 Å². The summed E-state index contributed by atoms with van der Waals surface area (Å²) >= 11 is 3.56. The molecule has 1 atom stereocenters. The van der Waals surface area contributed by atoms with E-state index in [2.05, 4.69) is 45.1 Å². The number of rotatable bonds is 4. The van der Waals surface area contributed by atoms with E-state index in [0.29, 0.717) is 0 Å². The maximum atomic E-state index is 5.94. The lowest BCUT2D eigenvalue weighted by Gasteiger charge is -2.32. The molecule has 106 valence electrons. The van der Waals surface area contributed by atoms with E-state index in [1.54, 1.807) is 0 Å². The lowest BCUT2D eigenvalue weighted by atomic mass is 9.95. The summed E-state index contributed by atoms with van der Waals surface area (Å²) in [5.74, 6) is 1.67. The van der Waals surface area contributed by atoms with E-state index in [0.717, 1.165) is 54.2 Å². The molecule has 1 unspecified atom stereocenters. The van der Waals surface area contributed by atoms with Gasteiger partial charge in [0, 0.05) is 13.2 Å². The van der Waals surface area contributed by atoms with Gasteiger partial charge < -0.3 is 10.1 Å². The number of hydrogen-bond donors (Lipinski definition) is 1. The molecule has 0 aliphatic carbocycles. The van der Waals surface area contributed by atoms with Crippen molar-refractivity contribution in [3.05, 3.63) is 16.0 Å². The minimum absolute atomic E-state index is 0.341. The van der Waals surface area contributed by atoms with Crippen LogP contribution >= 0.6 is 15.9 Å². The first-order valence-corrected chi connectivity index (χ1v) is 7.78. The summed E-state index contributed by atoms with van der Waals surface area (Å²) in [6.45, 7) is 7.94. The molecule has 1 saturated heterocycles. The van der Waals surface area contributed by atoms with Gasteiger partial charge in [0.25, 0.3) is 0 Å². The number of aromatic nitrogens is 2. The highest BCUT2D eigenvalue weighted by atomic mass is 79.9. The third kappa shape index (κ3) is 3.26. The lowest BCUT2D eigenvalue weighted by molar-refractivity contribution is -0.0760. The molecule has 0 spiro atoms. The Balaban J connectivity index is 2.32. The molecule has 1 aromatic rings. The average Bonchev–Trinajstić information content (AvgIpc) is 2.41. The van der Waals surface area contributed by atoms with Gasteiger partial charge in [-0.05, 0) is 55.5 Å². The Morgan fingerprint density at radius 2 is 2.16 bits per heavy atom. The van der Waals surface area contributed by atoms with Crippen LogP contribution in [-0.2, 0) is 10.3 Å². The van der Waals surface area contributed by atoms with Crippen molar-refractivity contribution in [2.24, 2.45) is 0 Å². The van der Waals surface area contributed by atoms with Crippen LogP contribution in [0.3, 0.4) is 0 Å². The third-order valence-corrected chi connectivity index (χ3v) is 4.45. The monoisotopic (exact) mass is 327 g/mol. The predicted octanol–water partition coefficient (Wildman–Crippen LogP) is 3.79. The minimum atomic E-state index is -0.341. The van der Waals surface area contributed by atoms with Crippen LogP contribution in [0.4, 0.5) is 5.82 Å². The quantitative estimate of drug-likeness (QED) is 0.914. The Labute approximate surface area is 123 Å². The van der Waals surface area contributed by atoms with E-state index in [1.165, 1.54) is 6.42 Å². The molecule has 0 bridgehead atoms. The van der Waals surface area contributed by atoms with Crippen molar-refractivity contribution in [3.63, 3.8) is 0 Å². The molecule has 1 aromatic heterocycles. The highest BCUT2D eigenvalue weighted by Gasteiger charge is 2.33. The summed E-state index contributed by atoms with van der Waals surface area (Å²) in [6.07, 6.45) is 4.36. The molecule has 4 nitrogen and oxygen atoms in total. The zero-order valence-electron chi connectivity index (χ0n) is 11.9. The van der Waals surface area contributed by atoms with Gasteiger partial charge in [0.05, 0.1) is 10.2 Å². The Kier molecular flexibility index (Phi) is 4.79. The van der Waals surface area contributed by atoms with Crippen LogP contribution in [0.15, 0.2) is 4.47 Å². The summed E-state index contributed by atoms with van der Waals surface area (Å²) in [7, 11) is 0. The number of hydrogen-bond acceptors (Lipinski definition) is 4. The number of halogens is 1. The summed E-state index contributed by atoms with van der Waals surface area (Å²) < 4.78 is 6.89. The Hall–Kier alpha value is -0.680. The van der Waals surface area contributed by atoms with E-state index in [1.807, 2.05) is 6.92 Å². The molecule has 2 heterocycles. The van der Waals surface area contributed by atoms with Crippen LogP contribution in [0.2, 0.25) is 0 Å². The molecule has 0 amide bonds.